The molecule has 104 valence electrons. The normalized spacial score (nSPS) is 16.6. The lowest BCUT2D eigenvalue weighted by molar-refractivity contribution is 0.140. The third-order valence-electron chi connectivity index (χ3n) is 3.19. The Morgan fingerprint density at radius 1 is 1.20 bits per heavy atom. The van der Waals surface area contributed by atoms with Gasteiger partial charge in [-0.3, -0.25) is 0 Å². The molecule has 0 bridgehead atoms. The highest BCUT2D eigenvalue weighted by Crippen LogP contribution is 2.35. The Morgan fingerprint density at radius 3 is 2.70 bits per heavy atom. The van der Waals surface area contributed by atoms with Gasteiger partial charge in [0.1, 0.15) is 42.5 Å². The van der Waals surface area contributed by atoms with Crippen LogP contribution in [0.5, 0.6) is 11.5 Å². The number of hydrogen-bond acceptors (Lipinski definition) is 3. The zero-order valence-electron chi connectivity index (χ0n) is 10.5. The van der Waals surface area contributed by atoms with Crippen molar-refractivity contribution in [2.75, 3.05) is 6.61 Å². The predicted octanol–water partition coefficient (Wildman–Crippen LogP) is 2.97. The van der Waals surface area contributed by atoms with E-state index in [2.05, 4.69) is 0 Å². The molecule has 2 aromatic carbocycles. The van der Waals surface area contributed by atoms with Gasteiger partial charge in [0, 0.05) is 11.6 Å². The molecular formula is C15H12F2O3. The second-order valence-corrected chi connectivity index (χ2v) is 4.52. The molecule has 0 aromatic heterocycles. The maximum absolute atomic E-state index is 13.4. The van der Waals surface area contributed by atoms with Crippen molar-refractivity contribution >= 4 is 0 Å². The van der Waals surface area contributed by atoms with Crippen molar-refractivity contribution in [3.63, 3.8) is 0 Å². The fraction of sp³-hybridized carbons (Fsp3) is 0.200. The van der Waals surface area contributed by atoms with Crippen molar-refractivity contribution in [1.29, 1.82) is 0 Å². The first kappa shape index (κ1) is 12.9. The lowest BCUT2D eigenvalue weighted by Gasteiger charge is -2.09. The summed E-state index contributed by atoms with van der Waals surface area (Å²) in [7, 11) is 0. The van der Waals surface area contributed by atoms with E-state index in [1.807, 2.05) is 0 Å². The first-order valence-corrected chi connectivity index (χ1v) is 6.15. The first-order chi connectivity index (χ1) is 9.65. The third-order valence-corrected chi connectivity index (χ3v) is 3.19. The van der Waals surface area contributed by atoms with Crippen molar-refractivity contribution in [2.24, 2.45) is 0 Å². The molecule has 20 heavy (non-hydrogen) atoms. The fourth-order valence-corrected chi connectivity index (χ4v) is 2.09. The van der Waals surface area contributed by atoms with Crippen LogP contribution < -0.4 is 9.47 Å². The summed E-state index contributed by atoms with van der Waals surface area (Å²) in [4.78, 5) is 0. The molecule has 5 heteroatoms. The van der Waals surface area contributed by atoms with Crippen LogP contribution >= 0.6 is 0 Å². The lowest BCUT2D eigenvalue weighted by Crippen LogP contribution is -2.01. The Balaban J connectivity index is 1.76. The number of halogens is 2. The lowest BCUT2D eigenvalue weighted by atomic mass is 10.1. The molecule has 0 aliphatic carbocycles. The molecule has 2 aromatic rings. The smallest absolute Gasteiger partial charge is 0.132 e. The number of benzene rings is 2. The largest absolute Gasteiger partial charge is 0.490 e. The van der Waals surface area contributed by atoms with Gasteiger partial charge >= 0.3 is 0 Å². The molecule has 0 fully saturated rings. The van der Waals surface area contributed by atoms with E-state index in [4.69, 9.17) is 9.47 Å². The van der Waals surface area contributed by atoms with Crippen LogP contribution in [0.25, 0.3) is 0 Å². The van der Waals surface area contributed by atoms with E-state index < -0.39 is 17.7 Å². The molecule has 0 spiro atoms. The van der Waals surface area contributed by atoms with Gasteiger partial charge in [0.25, 0.3) is 0 Å². The molecule has 0 amide bonds. The summed E-state index contributed by atoms with van der Waals surface area (Å²) in [6.07, 6.45) is -0.636. The predicted molar refractivity (Wildman–Crippen MR) is 67.6 cm³/mol. The van der Waals surface area contributed by atoms with E-state index in [0.717, 1.165) is 0 Å². The molecule has 0 radical (unpaired) electrons. The van der Waals surface area contributed by atoms with E-state index in [1.165, 1.54) is 18.2 Å². The number of hydrogen-bond donors (Lipinski definition) is 1. The molecule has 1 atom stereocenters. The van der Waals surface area contributed by atoms with Crippen LogP contribution in [0.1, 0.15) is 17.2 Å². The summed E-state index contributed by atoms with van der Waals surface area (Å²) in [5.74, 6) is -0.319. The molecule has 1 aliphatic heterocycles. The van der Waals surface area contributed by atoms with Gasteiger partial charge in [-0.15, -0.1) is 0 Å². The molecule has 3 nitrogen and oxygen atoms in total. The van der Waals surface area contributed by atoms with Crippen LogP contribution in [-0.4, -0.2) is 11.7 Å². The van der Waals surface area contributed by atoms with E-state index in [-0.39, 0.29) is 18.8 Å². The quantitative estimate of drug-likeness (QED) is 0.938. The van der Waals surface area contributed by atoms with Gasteiger partial charge in [-0.1, -0.05) is 6.07 Å². The number of fused-ring (bicyclic) bond motifs is 1. The highest BCUT2D eigenvalue weighted by molar-refractivity contribution is 5.44. The number of ether oxygens (including phenoxy) is 2. The molecule has 1 unspecified atom stereocenters. The number of aliphatic hydroxyl groups excluding tert-OH is 1. The van der Waals surface area contributed by atoms with Crippen LogP contribution in [0.15, 0.2) is 36.4 Å². The van der Waals surface area contributed by atoms with Crippen molar-refractivity contribution < 1.29 is 23.4 Å². The summed E-state index contributed by atoms with van der Waals surface area (Å²) in [5.41, 5.74) is 0.573. The average Bonchev–Trinajstić information content (AvgIpc) is 2.79. The summed E-state index contributed by atoms with van der Waals surface area (Å²) in [5, 5.41) is 9.59. The minimum Gasteiger partial charge on any atom is -0.490 e. The minimum absolute atomic E-state index is 0.117. The SMILES string of the molecule is OC1COc2cc(OCc3c(F)cccc3F)ccc21. The fourth-order valence-electron chi connectivity index (χ4n) is 2.09. The Morgan fingerprint density at radius 2 is 1.95 bits per heavy atom. The Bertz CT molecular complexity index is 623. The summed E-state index contributed by atoms with van der Waals surface area (Å²) >= 11 is 0. The van der Waals surface area contributed by atoms with Gasteiger partial charge in [0.05, 0.1) is 5.56 Å². The van der Waals surface area contributed by atoms with E-state index in [1.54, 1.807) is 18.2 Å². The van der Waals surface area contributed by atoms with Crippen LogP contribution in [0.4, 0.5) is 8.78 Å². The third kappa shape index (κ3) is 2.32. The highest BCUT2D eigenvalue weighted by atomic mass is 19.1. The Hall–Kier alpha value is -2.14. The second kappa shape index (κ2) is 5.09. The molecule has 0 saturated carbocycles. The maximum atomic E-state index is 13.4. The van der Waals surface area contributed by atoms with Gasteiger partial charge in [0.15, 0.2) is 0 Å². The van der Waals surface area contributed by atoms with Crippen molar-refractivity contribution in [2.45, 2.75) is 12.7 Å². The molecular weight excluding hydrogens is 266 g/mol. The van der Waals surface area contributed by atoms with Crippen LogP contribution in [0.2, 0.25) is 0 Å². The van der Waals surface area contributed by atoms with Crippen molar-refractivity contribution in [3.8, 4) is 11.5 Å². The Labute approximate surface area is 114 Å². The van der Waals surface area contributed by atoms with Gasteiger partial charge in [-0.2, -0.15) is 0 Å². The van der Waals surface area contributed by atoms with E-state index in [9.17, 15) is 13.9 Å². The van der Waals surface area contributed by atoms with Gasteiger partial charge < -0.3 is 14.6 Å². The average molecular weight is 278 g/mol. The van der Waals surface area contributed by atoms with Crippen molar-refractivity contribution in [1.82, 2.24) is 0 Å². The highest BCUT2D eigenvalue weighted by Gasteiger charge is 2.22. The second-order valence-electron chi connectivity index (χ2n) is 4.52. The topological polar surface area (TPSA) is 38.7 Å². The maximum Gasteiger partial charge on any atom is 0.132 e. The molecule has 1 aliphatic rings. The standard InChI is InChI=1S/C15H12F2O3/c16-12-2-1-3-13(17)11(12)7-19-9-4-5-10-14(18)8-20-15(10)6-9/h1-6,14,18H,7-8H2. The van der Waals surface area contributed by atoms with Crippen LogP contribution in [-0.2, 0) is 6.61 Å². The number of aliphatic hydroxyl groups is 1. The zero-order valence-corrected chi connectivity index (χ0v) is 10.5. The van der Waals surface area contributed by atoms with Gasteiger partial charge in [-0.05, 0) is 24.3 Å². The molecule has 0 saturated heterocycles. The van der Waals surface area contributed by atoms with Crippen LogP contribution in [0, 0.1) is 11.6 Å². The van der Waals surface area contributed by atoms with E-state index >= 15 is 0 Å². The van der Waals surface area contributed by atoms with Crippen molar-refractivity contribution in [3.05, 3.63) is 59.2 Å². The zero-order chi connectivity index (χ0) is 14.1. The molecule has 3 rings (SSSR count). The first-order valence-electron chi connectivity index (χ1n) is 6.15. The summed E-state index contributed by atoms with van der Waals surface area (Å²) in [6.45, 7) is 0.000571. The molecule has 1 heterocycles. The summed E-state index contributed by atoms with van der Waals surface area (Å²) in [6, 6.07) is 8.59. The van der Waals surface area contributed by atoms with E-state index in [0.29, 0.717) is 17.1 Å². The molecule has 1 N–H and O–H groups in total. The van der Waals surface area contributed by atoms with Crippen LogP contribution in [0.3, 0.4) is 0 Å². The number of rotatable bonds is 3. The monoisotopic (exact) mass is 278 g/mol. The van der Waals surface area contributed by atoms with Gasteiger partial charge in [-0.25, -0.2) is 8.78 Å². The van der Waals surface area contributed by atoms with Gasteiger partial charge in [0.2, 0.25) is 0 Å². The minimum atomic E-state index is -0.641. The Kier molecular flexibility index (Phi) is 3.28. The summed E-state index contributed by atoms with van der Waals surface area (Å²) < 4.78 is 37.5.